The molecule has 2 amide bonds. The Kier molecular flexibility index (Phi) is 2.83. The minimum absolute atomic E-state index is 0.0976. The lowest BCUT2D eigenvalue weighted by Crippen LogP contribution is -2.33. The Morgan fingerprint density at radius 1 is 1.32 bits per heavy atom. The van der Waals surface area contributed by atoms with Crippen molar-refractivity contribution >= 4 is 22.8 Å². The van der Waals surface area contributed by atoms with Crippen LogP contribution in [0.25, 0.3) is 11.0 Å². The van der Waals surface area contributed by atoms with Gasteiger partial charge >= 0.3 is 0 Å². The highest BCUT2D eigenvalue weighted by Gasteiger charge is 2.36. The zero-order chi connectivity index (χ0) is 13.4. The quantitative estimate of drug-likeness (QED) is 0.838. The number of amides is 2. The largest absolute Gasteiger partial charge is 0.464 e. The Bertz CT molecular complexity index is 646. The maximum absolute atomic E-state index is 11.5. The summed E-state index contributed by atoms with van der Waals surface area (Å²) in [5.41, 5.74) is 1.84. The first kappa shape index (κ1) is 11.9. The predicted octanol–water partition coefficient (Wildman–Crippen LogP) is 1.10. The summed E-state index contributed by atoms with van der Waals surface area (Å²) in [5, 5.41) is 10.3. The first-order chi connectivity index (χ1) is 9.15. The van der Waals surface area contributed by atoms with Crippen molar-refractivity contribution in [1.82, 2.24) is 4.90 Å². The van der Waals surface area contributed by atoms with Gasteiger partial charge in [-0.25, -0.2) is 0 Å². The van der Waals surface area contributed by atoms with Gasteiger partial charge in [-0.3, -0.25) is 14.5 Å². The summed E-state index contributed by atoms with van der Waals surface area (Å²) in [6.07, 6.45) is 0.937. The van der Waals surface area contributed by atoms with Gasteiger partial charge in [0.15, 0.2) is 0 Å². The summed E-state index contributed by atoms with van der Waals surface area (Å²) >= 11 is 0. The van der Waals surface area contributed by atoms with Crippen LogP contribution in [0.15, 0.2) is 34.9 Å². The van der Waals surface area contributed by atoms with Gasteiger partial charge < -0.3 is 9.52 Å². The molecule has 1 aromatic heterocycles. The molecule has 0 radical (unpaired) electrons. The molecular formula is C14H13NO4. The third-order valence-electron chi connectivity index (χ3n) is 3.36. The number of imide groups is 1. The zero-order valence-electron chi connectivity index (χ0n) is 10.2. The lowest BCUT2D eigenvalue weighted by atomic mass is 10.1. The average Bonchev–Trinajstić information content (AvgIpc) is 2.94. The number of nitrogens with zero attached hydrogens (tertiary/aromatic N) is 1. The van der Waals surface area contributed by atoms with E-state index in [-0.39, 0.29) is 12.3 Å². The molecule has 0 bridgehead atoms. The van der Waals surface area contributed by atoms with Gasteiger partial charge in [0.05, 0.1) is 12.7 Å². The van der Waals surface area contributed by atoms with Crippen molar-refractivity contribution in [2.75, 3.05) is 6.54 Å². The van der Waals surface area contributed by atoms with Gasteiger partial charge in [0.25, 0.3) is 5.91 Å². The average molecular weight is 259 g/mol. The Hall–Kier alpha value is -2.14. The molecule has 1 fully saturated rings. The first-order valence-electron chi connectivity index (χ1n) is 6.13. The molecule has 0 aliphatic carbocycles. The summed E-state index contributed by atoms with van der Waals surface area (Å²) in [7, 11) is 0. The number of carbonyl (C=O) groups is 2. The van der Waals surface area contributed by atoms with Gasteiger partial charge in [-0.2, -0.15) is 0 Å². The molecule has 1 aromatic carbocycles. The third kappa shape index (κ3) is 2.13. The van der Waals surface area contributed by atoms with Gasteiger partial charge in [-0.1, -0.05) is 6.07 Å². The molecule has 1 aliphatic rings. The molecule has 1 aliphatic heterocycles. The summed E-state index contributed by atoms with van der Waals surface area (Å²) in [6.45, 7) is 0.304. The molecule has 3 rings (SSSR count). The van der Waals surface area contributed by atoms with Gasteiger partial charge in [-0.05, 0) is 30.2 Å². The molecule has 0 spiro atoms. The number of furan rings is 1. The van der Waals surface area contributed by atoms with E-state index >= 15 is 0 Å². The molecule has 2 aromatic rings. The number of likely N-dealkylation sites (tertiary alicyclic amines) is 1. The summed E-state index contributed by atoms with van der Waals surface area (Å²) < 4.78 is 5.25. The van der Waals surface area contributed by atoms with Crippen LogP contribution in [0.5, 0.6) is 0 Å². The van der Waals surface area contributed by atoms with Crippen LogP contribution in [0.3, 0.4) is 0 Å². The summed E-state index contributed by atoms with van der Waals surface area (Å²) in [4.78, 5) is 24.2. The van der Waals surface area contributed by atoms with Crippen molar-refractivity contribution in [1.29, 1.82) is 0 Å². The van der Waals surface area contributed by atoms with Crippen LogP contribution in [-0.2, 0) is 16.0 Å². The molecule has 1 atom stereocenters. The monoisotopic (exact) mass is 259 g/mol. The number of fused-ring (bicyclic) bond motifs is 1. The molecule has 0 unspecified atom stereocenters. The second-order valence-electron chi connectivity index (χ2n) is 4.65. The number of carbonyl (C=O) groups excluding carboxylic acids is 2. The Morgan fingerprint density at radius 3 is 2.89 bits per heavy atom. The van der Waals surface area contributed by atoms with E-state index in [1.807, 2.05) is 24.3 Å². The fraction of sp³-hybridized carbons (Fsp3) is 0.286. The number of hydrogen-bond donors (Lipinski definition) is 1. The summed E-state index contributed by atoms with van der Waals surface area (Å²) in [5.74, 6) is -0.795. The number of hydrogen-bond acceptors (Lipinski definition) is 4. The van der Waals surface area contributed by atoms with Crippen LogP contribution in [0.2, 0.25) is 0 Å². The normalized spacial score (nSPS) is 19.6. The Morgan fingerprint density at radius 2 is 2.16 bits per heavy atom. The number of rotatable bonds is 3. The molecule has 5 heteroatoms. The van der Waals surface area contributed by atoms with E-state index in [0.29, 0.717) is 13.0 Å². The molecule has 2 heterocycles. The fourth-order valence-corrected chi connectivity index (χ4v) is 2.31. The van der Waals surface area contributed by atoms with E-state index in [1.54, 1.807) is 6.26 Å². The second-order valence-corrected chi connectivity index (χ2v) is 4.65. The van der Waals surface area contributed by atoms with Gasteiger partial charge in [0.2, 0.25) is 5.91 Å². The maximum Gasteiger partial charge on any atom is 0.258 e. The number of benzene rings is 1. The van der Waals surface area contributed by atoms with E-state index in [0.717, 1.165) is 21.4 Å². The highest BCUT2D eigenvalue weighted by Crippen LogP contribution is 2.18. The number of aliphatic hydroxyl groups is 1. The summed E-state index contributed by atoms with van der Waals surface area (Å²) in [6, 6.07) is 7.62. The lowest BCUT2D eigenvalue weighted by Gasteiger charge is -2.13. The van der Waals surface area contributed by atoms with Crippen molar-refractivity contribution in [3.8, 4) is 0 Å². The first-order valence-corrected chi connectivity index (χ1v) is 6.13. The van der Waals surface area contributed by atoms with E-state index < -0.39 is 12.0 Å². The van der Waals surface area contributed by atoms with Crippen molar-refractivity contribution < 1.29 is 19.1 Å². The minimum Gasteiger partial charge on any atom is -0.464 e. The molecular weight excluding hydrogens is 246 g/mol. The van der Waals surface area contributed by atoms with Crippen LogP contribution < -0.4 is 0 Å². The molecule has 1 saturated heterocycles. The van der Waals surface area contributed by atoms with Crippen molar-refractivity contribution in [3.05, 3.63) is 36.1 Å². The van der Waals surface area contributed by atoms with Crippen molar-refractivity contribution in [2.24, 2.45) is 0 Å². The minimum atomic E-state index is -1.16. The van der Waals surface area contributed by atoms with Crippen LogP contribution in [0.4, 0.5) is 0 Å². The maximum atomic E-state index is 11.5. The van der Waals surface area contributed by atoms with Crippen LogP contribution >= 0.6 is 0 Å². The topological polar surface area (TPSA) is 70.8 Å². The Balaban J connectivity index is 1.72. The van der Waals surface area contributed by atoms with E-state index in [9.17, 15) is 14.7 Å². The van der Waals surface area contributed by atoms with Crippen LogP contribution in [0.1, 0.15) is 12.0 Å². The van der Waals surface area contributed by atoms with Gasteiger partial charge in [-0.15, -0.1) is 0 Å². The number of aliphatic hydroxyl groups excluding tert-OH is 1. The molecule has 19 heavy (non-hydrogen) atoms. The van der Waals surface area contributed by atoms with E-state index in [1.165, 1.54) is 0 Å². The van der Waals surface area contributed by atoms with E-state index in [4.69, 9.17) is 4.42 Å². The van der Waals surface area contributed by atoms with E-state index in [2.05, 4.69) is 0 Å². The lowest BCUT2D eigenvalue weighted by molar-refractivity contribution is -0.140. The molecule has 5 nitrogen and oxygen atoms in total. The van der Waals surface area contributed by atoms with Crippen molar-refractivity contribution in [2.45, 2.75) is 18.9 Å². The Labute approximate surface area is 109 Å². The second kappa shape index (κ2) is 4.51. The van der Waals surface area contributed by atoms with Crippen LogP contribution in [0, 0.1) is 0 Å². The van der Waals surface area contributed by atoms with Gasteiger partial charge in [0, 0.05) is 11.9 Å². The van der Waals surface area contributed by atoms with Gasteiger partial charge in [0.1, 0.15) is 11.7 Å². The zero-order valence-corrected chi connectivity index (χ0v) is 10.2. The predicted molar refractivity (Wildman–Crippen MR) is 67.3 cm³/mol. The smallest absolute Gasteiger partial charge is 0.258 e. The highest BCUT2D eigenvalue weighted by molar-refractivity contribution is 6.04. The highest BCUT2D eigenvalue weighted by atomic mass is 16.3. The fourth-order valence-electron chi connectivity index (χ4n) is 2.31. The molecule has 1 N–H and O–H groups in total. The third-order valence-corrected chi connectivity index (χ3v) is 3.36. The molecule has 0 saturated carbocycles. The standard InChI is InChI=1S/C14H13NO4/c16-11-8-13(17)15(14(11)18)5-3-9-1-2-12-10(7-9)4-6-19-12/h1-2,4,6-7,11,16H,3,5,8H2/t11-/m0/s1. The van der Waals surface area contributed by atoms with Crippen LogP contribution in [-0.4, -0.2) is 34.5 Å². The molecule has 98 valence electrons. The SMILES string of the molecule is O=C1C[C@H](O)C(=O)N1CCc1ccc2occc2c1. The van der Waals surface area contributed by atoms with Crippen molar-refractivity contribution in [3.63, 3.8) is 0 Å².